The van der Waals surface area contributed by atoms with Gasteiger partial charge < -0.3 is 26.8 Å². The summed E-state index contributed by atoms with van der Waals surface area (Å²) in [6.45, 7) is 10.4. The fraction of sp³-hybridized carbons (Fsp3) is 0.778. The van der Waals surface area contributed by atoms with E-state index in [0.717, 1.165) is 0 Å². The molecule has 5 unspecified atom stereocenters. The van der Waals surface area contributed by atoms with Gasteiger partial charge in [-0.25, -0.2) is 4.79 Å². The summed E-state index contributed by atoms with van der Waals surface area (Å²) >= 11 is 0. The van der Waals surface area contributed by atoms with Crippen LogP contribution in [-0.2, 0) is 19.2 Å². The maximum atomic E-state index is 12.6. The first-order chi connectivity index (χ1) is 12.4. The Morgan fingerprint density at radius 2 is 1.44 bits per heavy atom. The van der Waals surface area contributed by atoms with E-state index in [1.54, 1.807) is 6.92 Å². The number of amides is 3. The van der Waals surface area contributed by atoms with Gasteiger partial charge in [0.05, 0.1) is 6.04 Å². The standard InChI is InChI=1S/C18H34N4O5/c1-7-10(4)14(22-15(23)11(5)19)17(25)20-12(6)16(24)21-13(18(26)27)8-9(2)3/h9-14H,7-8,19H2,1-6H3,(H,20,25)(H,21,24)(H,22,23)(H,26,27). The first-order valence-electron chi connectivity index (χ1n) is 9.30. The Labute approximate surface area is 160 Å². The molecule has 0 aromatic rings. The Kier molecular flexibility index (Phi) is 10.6. The van der Waals surface area contributed by atoms with Crippen molar-refractivity contribution >= 4 is 23.7 Å². The summed E-state index contributed by atoms with van der Waals surface area (Å²) in [7, 11) is 0. The minimum absolute atomic E-state index is 0.0829. The van der Waals surface area contributed by atoms with E-state index in [9.17, 15) is 24.3 Å². The van der Waals surface area contributed by atoms with E-state index < -0.39 is 47.9 Å². The highest BCUT2D eigenvalue weighted by molar-refractivity contribution is 5.93. The predicted octanol–water partition coefficient (Wildman–Crippen LogP) is -0.0153. The number of aliphatic carboxylic acids is 1. The molecule has 9 heteroatoms. The summed E-state index contributed by atoms with van der Waals surface area (Å²) in [5.41, 5.74) is 5.53. The van der Waals surface area contributed by atoms with Crippen LogP contribution in [0.5, 0.6) is 0 Å². The van der Waals surface area contributed by atoms with Gasteiger partial charge in [-0.1, -0.05) is 34.1 Å². The van der Waals surface area contributed by atoms with Crippen LogP contribution >= 0.6 is 0 Å². The van der Waals surface area contributed by atoms with Crippen molar-refractivity contribution in [2.24, 2.45) is 17.6 Å². The number of nitrogens with two attached hydrogens (primary N) is 1. The van der Waals surface area contributed by atoms with Crippen molar-refractivity contribution in [1.29, 1.82) is 0 Å². The Bertz CT molecular complexity index is 536. The number of hydrogen-bond donors (Lipinski definition) is 5. The van der Waals surface area contributed by atoms with Crippen LogP contribution in [0.3, 0.4) is 0 Å². The molecule has 0 bridgehead atoms. The molecule has 3 amide bonds. The quantitative estimate of drug-likeness (QED) is 0.337. The molecule has 0 aliphatic heterocycles. The highest BCUT2D eigenvalue weighted by Crippen LogP contribution is 2.09. The van der Waals surface area contributed by atoms with E-state index in [1.165, 1.54) is 13.8 Å². The maximum Gasteiger partial charge on any atom is 0.326 e. The molecule has 0 spiro atoms. The average molecular weight is 386 g/mol. The summed E-state index contributed by atoms with van der Waals surface area (Å²) < 4.78 is 0. The van der Waals surface area contributed by atoms with Crippen molar-refractivity contribution in [3.63, 3.8) is 0 Å². The van der Waals surface area contributed by atoms with Crippen molar-refractivity contribution in [3.8, 4) is 0 Å². The Balaban J connectivity index is 5.01. The normalized spacial score (nSPS) is 16.6. The number of nitrogens with one attached hydrogen (secondary N) is 3. The zero-order valence-electron chi connectivity index (χ0n) is 17.0. The molecule has 0 heterocycles. The number of carbonyl (C=O) groups is 4. The molecule has 5 atom stereocenters. The lowest BCUT2D eigenvalue weighted by atomic mass is 9.97. The molecule has 0 saturated carbocycles. The lowest BCUT2D eigenvalue weighted by Crippen LogP contribution is -2.57. The van der Waals surface area contributed by atoms with E-state index in [4.69, 9.17) is 5.73 Å². The lowest BCUT2D eigenvalue weighted by Gasteiger charge is -2.26. The molecule has 0 fully saturated rings. The van der Waals surface area contributed by atoms with Gasteiger partial charge in [-0.3, -0.25) is 14.4 Å². The van der Waals surface area contributed by atoms with E-state index in [2.05, 4.69) is 16.0 Å². The van der Waals surface area contributed by atoms with Gasteiger partial charge in [0.2, 0.25) is 17.7 Å². The van der Waals surface area contributed by atoms with Crippen molar-refractivity contribution in [3.05, 3.63) is 0 Å². The fourth-order valence-electron chi connectivity index (χ4n) is 2.34. The Morgan fingerprint density at radius 3 is 1.85 bits per heavy atom. The van der Waals surface area contributed by atoms with Gasteiger partial charge in [-0.2, -0.15) is 0 Å². The van der Waals surface area contributed by atoms with Crippen LogP contribution in [0.15, 0.2) is 0 Å². The highest BCUT2D eigenvalue weighted by atomic mass is 16.4. The Morgan fingerprint density at radius 1 is 0.889 bits per heavy atom. The second kappa shape index (κ2) is 11.5. The molecule has 156 valence electrons. The largest absolute Gasteiger partial charge is 0.480 e. The molecule has 0 saturated heterocycles. The van der Waals surface area contributed by atoms with Crippen LogP contribution in [0.1, 0.15) is 54.4 Å². The van der Waals surface area contributed by atoms with Gasteiger partial charge in [-0.05, 0) is 32.1 Å². The monoisotopic (exact) mass is 386 g/mol. The molecule has 27 heavy (non-hydrogen) atoms. The number of hydrogen-bond acceptors (Lipinski definition) is 5. The van der Waals surface area contributed by atoms with Crippen molar-refractivity contribution in [2.75, 3.05) is 0 Å². The van der Waals surface area contributed by atoms with Crippen LogP contribution in [0.25, 0.3) is 0 Å². The van der Waals surface area contributed by atoms with Crippen LogP contribution in [0.2, 0.25) is 0 Å². The van der Waals surface area contributed by atoms with Gasteiger partial charge in [0.25, 0.3) is 0 Å². The molecule has 0 aromatic carbocycles. The predicted molar refractivity (Wildman–Crippen MR) is 102 cm³/mol. The van der Waals surface area contributed by atoms with Gasteiger partial charge in [0.1, 0.15) is 18.1 Å². The first kappa shape index (κ1) is 24.8. The molecule has 0 radical (unpaired) electrons. The highest BCUT2D eigenvalue weighted by Gasteiger charge is 2.30. The lowest BCUT2D eigenvalue weighted by molar-refractivity contribution is -0.142. The van der Waals surface area contributed by atoms with E-state index in [-0.39, 0.29) is 18.3 Å². The summed E-state index contributed by atoms with van der Waals surface area (Å²) in [5.74, 6) is -2.79. The fourth-order valence-corrected chi connectivity index (χ4v) is 2.34. The SMILES string of the molecule is CCC(C)C(NC(=O)C(C)N)C(=O)NC(C)C(=O)NC(CC(C)C)C(=O)O. The first-order valence-corrected chi connectivity index (χ1v) is 9.30. The number of carboxylic acids is 1. The molecule has 6 N–H and O–H groups in total. The molecule has 0 rings (SSSR count). The van der Waals surface area contributed by atoms with Crippen LogP contribution in [0.4, 0.5) is 0 Å². The third kappa shape index (κ3) is 8.85. The minimum Gasteiger partial charge on any atom is -0.480 e. The molecule has 0 aliphatic carbocycles. The van der Waals surface area contributed by atoms with Crippen LogP contribution < -0.4 is 21.7 Å². The van der Waals surface area contributed by atoms with Crippen molar-refractivity contribution in [1.82, 2.24) is 16.0 Å². The maximum absolute atomic E-state index is 12.6. The van der Waals surface area contributed by atoms with Crippen LogP contribution in [-0.4, -0.2) is 53.0 Å². The topological polar surface area (TPSA) is 151 Å². The molecular formula is C18H34N4O5. The van der Waals surface area contributed by atoms with Crippen molar-refractivity contribution in [2.45, 2.75) is 78.6 Å². The summed E-state index contributed by atoms with van der Waals surface area (Å²) in [4.78, 5) is 48.0. The average Bonchev–Trinajstić information content (AvgIpc) is 2.56. The van der Waals surface area contributed by atoms with Gasteiger partial charge in [0, 0.05) is 0 Å². The third-order valence-electron chi connectivity index (χ3n) is 4.28. The molecular weight excluding hydrogens is 352 g/mol. The van der Waals surface area contributed by atoms with Crippen molar-refractivity contribution < 1.29 is 24.3 Å². The van der Waals surface area contributed by atoms with Crippen LogP contribution in [0, 0.1) is 11.8 Å². The third-order valence-corrected chi connectivity index (χ3v) is 4.28. The summed E-state index contributed by atoms with van der Waals surface area (Å²) in [6.07, 6.45) is 0.912. The zero-order valence-corrected chi connectivity index (χ0v) is 17.0. The summed E-state index contributed by atoms with van der Waals surface area (Å²) in [6, 6.07) is -3.59. The van der Waals surface area contributed by atoms with E-state index in [1.807, 2.05) is 20.8 Å². The van der Waals surface area contributed by atoms with Gasteiger partial charge in [0.15, 0.2) is 0 Å². The second-order valence-electron chi connectivity index (χ2n) is 7.42. The summed E-state index contributed by atoms with van der Waals surface area (Å²) in [5, 5.41) is 16.8. The van der Waals surface area contributed by atoms with Gasteiger partial charge >= 0.3 is 5.97 Å². The minimum atomic E-state index is -1.13. The smallest absolute Gasteiger partial charge is 0.326 e. The number of rotatable bonds is 11. The van der Waals surface area contributed by atoms with E-state index >= 15 is 0 Å². The number of carboxylic acid groups (broad SMARTS) is 1. The Hall–Kier alpha value is -2.16. The number of carbonyl (C=O) groups excluding carboxylic acids is 3. The van der Waals surface area contributed by atoms with E-state index in [0.29, 0.717) is 6.42 Å². The zero-order chi connectivity index (χ0) is 21.3. The molecule has 0 aromatic heterocycles. The second-order valence-corrected chi connectivity index (χ2v) is 7.42. The molecule has 0 aliphatic rings. The van der Waals surface area contributed by atoms with Gasteiger partial charge in [-0.15, -0.1) is 0 Å². The molecule has 9 nitrogen and oxygen atoms in total.